The number of fused-ring (bicyclic) bond motifs is 1. The number of carboxylic acids is 1. The first-order valence-corrected chi connectivity index (χ1v) is 5.90. The van der Waals surface area contributed by atoms with Crippen LogP contribution in [0.15, 0.2) is 42.9 Å². The van der Waals surface area contributed by atoms with Gasteiger partial charge in [-0.25, -0.2) is 14.8 Å². The maximum atomic E-state index is 11.0. The van der Waals surface area contributed by atoms with Gasteiger partial charge in [0.05, 0.1) is 30.1 Å². The van der Waals surface area contributed by atoms with Gasteiger partial charge in [-0.05, 0) is 24.3 Å². The maximum Gasteiger partial charge on any atom is 0.335 e. The molecule has 3 aromatic heterocycles. The molecule has 6 heteroatoms. The summed E-state index contributed by atoms with van der Waals surface area (Å²) in [5.41, 5.74) is 2.35. The van der Waals surface area contributed by atoms with E-state index in [0.717, 1.165) is 11.3 Å². The zero-order valence-corrected chi connectivity index (χ0v) is 10.6. The Hall–Kier alpha value is -2.89. The van der Waals surface area contributed by atoms with Crippen LogP contribution < -0.4 is 4.74 Å². The summed E-state index contributed by atoms with van der Waals surface area (Å²) >= 11 is 0. The highest BCUT2D eigenvalue weighted by Crippen LogP contribution is 2.28. The fourth-order valence-corrected chi connectivity index (χ4v) is 2.06. The van der Waals surface area contributed by atoms with Crippen LogP contribution in [0.2, 0.25) is 0 Å². The third-order valence-corrected chi connectivity index (χ3v) is 3.00. The molecule has 0 aliphatic heterocycles. The molecule has 0 aromatic carbocycles. The Bertz CT molecular complexity index is 795. The van der Waals surface area contributed by atoms with E-state index in [4.69, 9.17) is 9.84 Å². The lowest BCUT2D eigenvalue weighted by molar-refractivity contribution is 0.0697. The molecular weight excluding hydrogens is 258 g/mol. The fraction of sp³-hybridized carbons (Fsp3) is 0.0714. The molecule has 0 radical (unpaired) electrons. The summed E-state index contributed by atoms with van der Waals surface area (Å²) in [5, 5.41) is 8.98. The van der Waals surface area contributed by atoms with Crippen LogP contribution in [0.3, 0.4) is 0 Å². The van der Waals surface area contributed by atoms with Gasteiger partial charge in [-0.2, -0.15) is 0 Å². The van der Waals surface area contributed by atoms with Crippen LogP contribution in [0.1, 0.15) is 10.4 Å². The van der Waals surface area contributed by atoms with E-state index >= 15 is 0 Å². The molecule has 1 N–H and O–H groups in total. The van der Waals surface area contributed by atoms with Gasteiger partial charge in [0.1, 0.15) is 5.65 Å². The summed E-state index contributed by atoms with van der Waals surface area (Å²) in [7, 11) is 1.55. The van der Waals surface area contributed by atoms with E-state index in [0.29, 0.717) is 11.5 Å². The molecule has 0 atom stereocenters. The number of carbonyl (C=O) groups is 1. The number of imidazole rings is 1. The Balaban J connectivity index is 2.20. The lowest BCUT2D eigenvalue weighted by Crippen LogP contribution is -1.98. The predicted octanol–water partition coefficient (Wildman–Crippen LogP) is 2.10. The van der Waals surface area contributed by atoms with Crippen molar-refractivity contribution in [2.45, 2.75) is 0 Å². The van der Waals surface area contributed by atoms with Gasteiger partial charge < -0.3 is 9.84 Å². The molecule has 0 aliphatic carbocycles. The second-order valence-electron chi connectivity index (χ2n) is 4.15. The number of hydrogen-bond donors (Lipinski definition) is 1. The topological polar surface area (TPSA) is 76.7 Å². The van der Waals surface area contributed by atoms with Crippen LogP contribution in [0.4, 0.5) is 0 Å². The largest absolute Gasteiger partial charge is 0.481 e. The van der Waals surface area contributed by atoms with Crippen LogP contribution >= 0.6 is 0 Å². The molecule has 0 bridgehead atoms. The van der Waals surface area contributed by atoms with Crippen molar-refractivity contribution >= 4 is 11.6 Å². The van der Waals surface area contributed by atoms with Gasteiger partial charge in [-0.1, -0.05) is 0 Å². The summed E-state index contributed by atoms with van der Waals surface area (Å²) in [5.74, 6) is -0.479. The van der Waals surface area contributed by atoms with E-state index in [1.54, 1.807) is 30.1 Å². The minimum absolute atomic E-state index is 0.202. The van der Waals surface area contributed by atoms with Gasteiger partial charge in [-0.3, -0.25) is 4.40 Å². The molecular formula is C14H11N3O3. The monoisotopic (exact) mass is 269 g/mol. The number of aromatic carboxylic acids is 1. The second kappa shape index (κ2) is 4.65. The van der Waals surface area contributed by atoms with Gasteiger partial charge >= 0.3 is 5.97 Å². The van der Waals surface area contributed by atoms with Crippen LogP contribution in [0, 0.1) is 0 Å². The minimum atomic E-state index is -0.976. The number of carboxylic acid groups (broad SMARTS) is 1. The second-order valence-corrected chi connectivity index (χ2v) is 4.15. The minimum Gasteiger partial charge on any atom is -0.481 e. The predicted molar refractivity (Wildman–Crippen MR) is 71.9 cm³/mol. The van der Waals surface area contributed by atoms with E-state index in [1.165, 1.54) is 12.1 Å². The van der Waals surface area contributed by atoms with Crippen molar-refractivity contribution in [2.75, 3.05) is 7.11 Å². The van der Waals surface area contributed by atoms with Crippen molar-refractivity contribution in [1.29, 1.82) is 0 Å². The molecule has 0 saturated carbocycles. The quantitative estimate of drug-likeness (QED) is 0.788. The van der Waals surface area contributed by atoms with Crippen molar-refractivity contribution < 1.29 is 14.6 Å². The third kappa shape index (κ3) is 1.87. The summed E-state index contributed by atoms with van der Waals surface area (Å²) in [6.07, 6.45) is 4.99. The van der Waals surface area contributed by atoms with Gasteiger partial charge in [0.15, 0.2) is 0 Å². The highest BCUT2D eigenvalue weighted by atomic mass is 16.5. The first-order valence-electron chi connectivity index (χ1n) is 5.90. The van der Waals surface area contributed by atoms with Crippen molar-refractivity contribution in [3.63, 3.8) is 0 Å². The first-order chi connectivity index (χ1) is 9.70. The highest BCUT2D eigenvalue weighted by molar-refractivity contribution is 5.89. The third-order valence-electron chi connectivity index (χ3n) is 3.00. The standard InChI is InChI=1S/C14H11N3O3/c1-20-13-10(3-2-5-15-13)11-8-16-12-7-9(14(18)19)4-6-17(11)12/h2-8H,1H3,(H,18,19). The number of aromatic nitrogens is 3. The average molecular weight is 269 g/mol. The molecule has 0 fully saturated rings. The Labute approximate surface area is 114 Å². The number of pyridine rings is 2. The average Bonchev–Trinajstić information content (AvgIpc) is 2.89. The Kier molecular flexibility index (Phi) is 2.83. The Morgan fingerprint density at radius 1 is 1.35 bits per heavy atom. The SMILES string of the molecule is COc1ncccc1-c1cnc2cc(C(=O)O)ccn12. The summed E-state index contributed by atoms with van der Waals surface area (Å²) < 4.78 is 7.03. The lowest BCUT2D eigenvalue weighted by Gasteiger charge is -2.06. The van der Waals surface area contributed by atoms with Gasteiger partial charge in [0.2, 0.25) is 5.88 Å². The molecule has 100 valence electrons. The molecule has 0 spiro atoms. The van der Waals surface area contributed by atoms with Gasteiger partial charge in [0, 0.05) is 12.4 Å². The van der Waals surface area contributed by atoms with Crippen molar-refractivity contribution in [1.82, 2.24) is 14.4 Å². The van der Waals surface area contributed by atoms with Crippen LogP contribution in [-0.2, 0) is 0 Å². The number of ether oxygens (including phenoxy) is 1. The molecule has 20 heavy (non-hydrogen) atoms. The van der Waals surface area contributed by atoms with Crippen molar-refractivity contribution in [3.05, 3.63) is 48.4 Å². The number of methoxy groups -OCH3 is 1. The highest BCUT2D eigenvalue weighted by Gasteiger charge is 2.13. The molecule has 0 unspecified atom stereocenters. The fourth-order valence-electron chi connectivity index (χ4n) is 2.06. The zero-order chi connectivity index (χ0) is 14.1. The van der Waals surface area contributed by atoms with Crippen molar-refractivity contribution in [3.8, 4) is 17.1 Å². The zero-order valence-electron chi connectivity index (χ0n) is 10.6. The number of hydrogen-bond acceptors (Lipinski definition) is 4. The van der Waals surface area contributed by atoms with E-state index in [9.17, 15) is 4.79 Å². The molecule has 3 aromatic rings. The number of nitrogens with zero attached hydrogens (tertiary/aromatic N) is 3. The molecule has 6 nitrogen and oxygen atoms in total. The van der Waals surface area contributed by atoms with E-state index < -0.39 is 5.97 Å². The normalized spacial score (nSPS) is 10.7. The smallest absolute Gasteiger partial charge is 0.335 e. The maximum absolute atomic E-state index is 11.0. The van der Waals surface area contributed by atoms with Crippen LogP contribution in [-0.4, -0.2) is 32.6 Å². The summed E-state index contributed by atoms with van der Waals surface area (Å²) in [6.45, 7) is 0. The summed E-state index contributed by atoms with van der Waals surface area (Å²) in [6, 6.07) is 6.74. The van der Waals surface area contributed by atoms with Crippen LogP contribution in [0.25, 0.3) is 16.9 Å². The van der Waals surface area contributed by atoms with Gasteiger partial charge in [-0.15, -0.1) is 0 Å². The molecule has 0 saturated heterocycles. The molecule has 0 amide bonds. The molecule has 0 aliphatic rings. The molecule has 3 rings (SSSR count). The summed E-state index contributed by atoms with van der Waals surface area (Å²) in [4.78, 5) is 19.3. The molecule has 3 heterocycles. The van der Waals surface area contributed by atoms with Gasteiger partial charge in [0.25, 0.3) is 0 Å². The Morgan fingerprint density at radius 3 is 2.95 bits per heavy atom. The Morgan fingerprint density at radius 2 is 2.20 bits per heavy atom. The van der Waals surface area contributed by atoms with Crippen molar-refractivity contribution in [2.24, 2.45) is 0 Å². The van der Waals surface area contributed by atoms with E-state index in [1.807, 2.05) is 12.1 Å². The lowest BCUT2D eigenvalue weighted by atomic mass is 10.2. The van der Waals surface area contributed by atoms with E-state index in [2.05, 4.69) is 9.97 Å². The first kappa shape index (κ1) is 12.2. The van der Waals surface area contributed by atoms with E-state index in [-0.39, 0.29) is 5.56 Å². The number of rotatable bonds is 3. The van der Waals surface area contributed by atoms with Crippen LogP contribution in [0.5, 0.6) is 5.88 Å².